The summed E-state index contributed by atoms with van der Waals surface area (Å²) in [6, 6.07) is 11.5. The predicted molar refractivity (Wildman–Crippen MR) is 413 cm³/mol. The van der Waals surface area contributed by atoms with Gasteiger partial charge in [0.25, 0.3) is 0 Å². The SMILES string of the molecule is C1CCC(N2C3CCCCC3C3CCC(C4CCC5C(C4)C4CCCCC4N5C4CCC5C6CCCCC6C6CCCCC6C5C4)CC32)CC1.C1CCC2C(C1)C1CCCCC1C1CC(N3C4CCCCC4C4CC(C5CCC6C7CCCCC7N(C7CCNCC7)C6C5)CCC43)CCC21. The molecule has 1 N–H and O–H groups in total. The minimum Gasteiger partial charge on any atom is -0.317 e. The van der Waals surface area contributed by atoms with Gasteiger partial charge in [0.1, 0.15) is 0 Å². The second kappa shape index (κ2) is 29.2. The number of likely N-dealkylation sites (tertiary alicyclic amines) is 4. The first-order valence-electron chi connectivity index (χ1n) is 48.4. The predicted octanol–water partition coefficient (Wildman–Crippen LogP) is 22.5. The average molecular weight is 1370 g/mol. The Morgan fingerprint density at radius 2 is 0.390 bits per heavy atom. The molecule has 0 amide bonds. The molecule has 34 atom stereocenters. The van der Waals surface area contributed by atoms with Gasteiger partial charge in [-0.3, -0.25) is 19.6 Å². The molecule has 5 aliphatic heterocycles. The lowest BCUT2D eigenvalue weighted by atomic mass is 9.48. The van der Waals surface area contributed by atoms with E-state index in [4.69, 9.17) is 0 Å². The molecule has 100 heavy (non-hydrogen) atoms. The molecular formula is C95H155N5. The summed E-state index contributed by atoms with van der Waals surface area (Å²) in [7, 11) is 0. The molecule has 34 unspecified atom stereocenters. The highest BCUT2D eigenvalue weighted by atomic mass is 15.3. The number of nitrogens with zero attached hydrogens (tertiary/aromatic N) is 4. The van der Waals surface area contributed by atoms with Crippen LogP contribution in [0.1, 0.15) is 366 Å². The lowest BCUT2D eigenvalue weighted by molar-refractivity contribution is -0.0986. The monoisotopic (exact) mass is 1370 g/mol. The van der Waals surface area contributed by atoms with E-state index in [1.165, 1.54) is 90.1 Å². The topological polar surface area (TPSA) is 25.0 Å². The molecule has 0 aromatic heterocycles. The van der Waals surface area contributed by atoms with E-state index in [0.29, 0.717) is 0 Å². The summed E-state index contributed by atoms with van der Waals surface area (Å²) in [5.74, 6) is 26.2. The summed E-state index contributed by atoms with van der Waals surface area (Å²) in [5, 5.41) is 3.72. The summed E-state index contributed by atoms with van der Waals surface area (Å²) in [6.45, 7) is 2.55. The van der Waals surface area contributed by atoms with Gasteiger partial charge in [0.05, 0.1) is 0 Å². The van der Waals surface area contributed by atoms with Crippen molar-refractivity contribution in [3.63, 3.8) is 0 Å². The van der Waals surface area contributed by atoms with Crippen LogP contribution in [0.25, 0.3) is 0 Å². The zero-order chi connectivity index (χ0) is 65.5. The molecule has 22 fully saturated rings. The second-order valence-corrected chi connectivity index (χ2v) is 43.4. The van der Waals surface area contributed by atoms with E-state index in [1.54, 1.807) is 289 Å². The smallest absolute Gasteiger partial charge is 0.0135 e. The van der Waals surface area contributed by atoms with Gasteiger partial charge in [0.2, 0.25) is 0 Å². The number of rotatable bonds is 6. The molecule has 0 radical (unpaired) electrons. The average Bonchev–Trinajstić information content (AvgIpc) is 0.975. The number of nitrogens with one attached hydrogen (secondary N) is 1. The third-order valence-electron chi connectivity index (χ3n) is 40.6. The molecule has 22 rings (SSSR count). The Kier molecular flexibility index (Phi) is 19.8. The van der Waals surface area contributed by atoms with Gasteiger partial charge < -0.3 is 5.32 Å². The number of fused-ring (bicyclic) bond motifs is 24. The summed E-state index contributed by atoms with van der Waals surface area (Å²) < 4.78 is 0. The molecule has 17 aliphatic carbocycles. The molecule has 5 heterocycles. The minimum absolute atomic E-state index is 0.893. The van der Waals surface area contributed by atoms with Crippen molar-refractivity contribution in [1.29, 1.82) is 0 Å². The molecule has 22 aliphatic rings. The van der Waals surface area contributed by atoms with Gasteiger partial charge in [-0.25, -0.2) is 0 Å². The fourth-order valence-electron chi connectivity index (χ4n) is 37.6. The fourth-order valence-corrected chi connectivity index (χ4v) is 37.6. The van der Waals surface area contributed by atoms with Crippen molar-refractivity contribution >= 4 is 0 Å². The Morgan fingerprint density at radius 3 is 0.770 bits per heavy atom. The van der Waals surface area contributed by atoms with Crippen LogP contribution in [0.3, 0.4) is 0 Å². The highest BCUT2D eigenvalue weighted by Crippen LogP contribution is 2.66. The fraction of sp³-hybridized carbons (Fsp3) is 1.00. The molecular weight excluding hydrogens is 1210 g/mol. The van der Waals surface area contributed by atoms with E-state index in [-0.39, 0.29) is 0 Å². The van der Waals surface area contributed by atoms with Crippen molar-refractivity contribution in [3.05, 3.63) is 0 Å². The number of hydrogen-bond donors (Lipinski definition) is 1. The van der Waals surface area contributed by atoms with Crippen LogP contribution in [0, 0.1) is 142 Å². The van der Waals surface area contributed by atoms with E-state index in [9.17, 15) is 0 Å². The highest BCUT2D eigenvalue weighted by molar-refractivity contribution is 5.15. The Labute approximate surface area is 615 Å². The molecule has 560 valence electrons. The first-order valence-corrected chi connectivity index (χ1v) is 48.4. The molecule has 17 saturated carbocycles. The van der Waals surface area contributed by atoms with Crippen molar-refractivity contribution in [3.8, 4) is 0 Å². The largest absolute Gasteiger partial charge is 0.317 e. The summed E-state index contributed by atoms with van der Waals surface area (Å²) >= 11 is 0. The van der Waals surface area contributed by atoms with E-state index in [0.717, 1.165) is 215 Å². The molecule has 5 heteroatoms. The van der Waals surface area contributed by atoms with Crippen molar-refractivity contribution in [2.45, 2.75) is 438 Å². The van der Waals surface area contributed by atoms with Gasteiger partial charge in [-0.05, 0) is 399 Å². The number of piperidine rings is 1. The summed E-state index contributed by atoms with van der Waals surface area (Å²) in [6.07, 6.45) is 89.7. The van der Waals surface area contributed by atoms with Crippen LogP contribution in [0.15, 0.2) is 0 Å². The first-order chi connectivity index (χ1) is 49.6. The third-order valence-corrected chi connectivity index (χ3v) is 40.6. The normalized spacial score (nSPS) is 54.4. The maximum absolute atomic E-state index is 3.72. The lowest BCUT2D eigenvalue weighted by Crippen LogP contribution is -2.55. The van der Waals surface area contributed by atoms with Gasteiger partial charge in [-0.15, -0.1) is 0 Å². The van der Waals surface area contributed by atoms with Gasteiger partial charge >= 0.3 is 0 Å². The van der Waals surface area contributed by atoms with E-state index < -0.39 is 0 Å². The zero-order valence-corrected chi connectivity index (χ0v) is 64.8. The standard InChI is InChI=1S/C48H78N2.C47H77N3/c1-2-12-33(13-3-1)49-45-20-10-8-18-40(45)42-25-22-32(29-48(42)49)31-23-27-47-44(28-31)41-19-9-11-21-46(41)50(47)34-24-26-39-37-16-5-4-14-35(37)36-15-6-7-17-38(36)43(39)30-34;1-2-11-36-34(9-1)35-10-3-4-12-37(35)42-29-33(19-21-38(36)42)50-45-16-8-6-14-40(45)43-27-30(18-22-46(43)50)31-17-20-41-39-13-5-7-15-44(39)49(47(41)28-31)32-23-25-48-26-24-32/h31-48H,1-30H2;30-48H,1-29H2. The van der Waals surface area contributed by atoms with Gasteiger partial charge in [0.15, 0.2) is 0 Å². The van der Waals surface area contributed by atoms with Crippen molar-refractivity contribution < 1.29 is 0 Å². The maximum Gasteiger partial charge on any atom is 0.0135 e. The third kappa shape index (κ3) is 11.9. The van der Waals surface area contributed by atoms with Crippen LogP contribution in [0.4, 0.5) is 0 Å². The Bertz CT molecular complexity index is 2510. The molecule has 0 aromatic rings. The Morgan fingerprint density at radius 1 is 0.140 bits per heavy atom. The Balaban J connectivity index is 0.000000131. The van der Waals surface area contributed by atoms with E-state index in [1.807, 2.05) is 0 Å². The van der Waals surface area contributed by atoms with Crippen LogP contribution >= 0.6 is 0 Å². The van der Waals surface area contributed by atoms with Crippen molar-refractivity contribution in [1.82, 2.24) is 24.9 Å². The molecule has 0 aromatic carbocycles. The molecule has 0 bridgehead atoms. The molecule has 5 saturated heterocycles. The van der Waals surface area contributed by atoms with E-state index in [2.05, 4.69) is 24.9 Å². The van der Waals surface area contributed by atoms with Gasteiger partial charge in [0, 0.05) is 72.5 Å². The number of hydrogen-bond acceptors (Lipinski definition) is 5. The maximum atomic E-state index is 3.72. The lowest BCUT2D eigenvalue weighted by Gasteiger charge is -2.59. The van der Waals surface area contributed by atoms with Crippen LogP contribution < -0.4 is 5.32 Å². The first kappa shape index (κ1) is 67.9. The van der Waals surface area contributed by atoms with Crippen LogP contribution in [0.2, 0.25) is 0 Å². The van der Waals surface area contributed by atoms with Gasteiger partial charge in [-0.2, -0.15) is 0 Å². The van der Waals surface area contributed by atoms with Crippen LogP contribution in [-0.4, -0.2) is 105 Å². The Hall–Kier alpha value is -0.200. The zero-order valence-electron chi connectivity index (χ0n) is 64.8. The summed E-state index contributed by atoms with van der Waals surface area (Å²) in [4.78, 5) is 13.4. The van der Waals surface area contributed by atoms with E-state index >= 15 is 0 Å². The second-order valence-electron chi connectivity index (χ2n) is 43.4. The van der Waals surface area contributed by atoms with Crippen molar-refractivity contribution in [2.75, 3.05) is 13.1 Å². The van der Waals surface area contributed by atoms with Crippen LogP contribution in [0.5, 0.6) is 0 Å². The van der Waals surface area contributed by atoms with Crippen LogP contribution in [-0.2, 0) is 0 Å². The highest BCUT2D eigenvalue weighted by Gasteiger charge is 2.63. The summed E-state index contributed by atoms with van der Waals surface area (Å²) in [5.41, 5.74) is 0. The van der Waals surface area contributed by atoms with Crippen molar-refractivity contribution in [2.24, 2.45) is 142 Å². The molecule has 5 nitrogen and oxygen atoms in total. The van der Waals surface area contributed by atoms with Gasteiger partial charge in [-0.1, -0.05) is 122 Å². The quantitative estimate of drug-likeness (QED) is 0.286. The minimum atomic E-state index is 0.893. The molecule has 0 spiro atoms.